The predicted molar refractivity (Wildman–Crippen MR) is 83.3 cm³/mol. The van der Waals surface area contributed by atoms with E-state index in [4.69, 9.17) is 11.6 Å². The zero-order valence-electron chi connectivity index (χ0n) is 12.4. The van der Waals surface area contributed by atoms with Crippen molar-refractivity contribution in [2.45, 2.75) is 50.5 Å². The number of likely N-dealkylation sites (tertiary alicyclic amines) is 1. The molecule has 1 aliphatic carbocycles. The third-order valence-corrected chi connectivity index (χ3v) is 5.15. The highest BCUT2D eigenvalue weighted by atomic mass is 35.5. The van der Waals surface area contributed by atoms with Crippen molar-refractivity contribution in [2.75, 3.05) is 20.1 Å². The lowest BCUT2D eigenvalue weighted by molar-refractivity contribution is 0.205. The number of nitrogens with zero attached hydrogens (tertiary/aromatic N) is 2. The highest BCUT2D eigenvalue weighted by Crippen LogP contribution is 2.34. The molecule has 0 spiro atoms. The van der Waals surface area contributed by atoms with Gasteiger partial charge < -0.3 is 4.90 Å². The molecule has 1 aliphatic heterocycles. The number of rotatable bonds is 2. The van der Waals surface area contributed by atoms with Crippen LogP contribution in [0, 0.1) is 0 Å². The second-order valence-corrected chi connectivity index (χ2v) is 6.75. The monoisotopic (exact) mass is 311 g/mol. The van der Waals surface area contributed by atoms with E-state index in [0.29, 0.717) is 5.56 Å². The lowest BCUT2D eigenvalue weighted by Gasteiger charge is -2.30. The largest absolute Gasteiger partial charge is 0.329 e. The van der Waals surface area contributed by atoms with Crippen LogP contribution in [-0.4, -0.2) is 34.6 Å². The summed E-state index contributed by atoms with van der Waals surface area (Å²) < 4.78 is 1.41. The molecule has 1 N–H and O–H groups in total. The van der Waals surface area contributed by atoms with E-state index in [-0.39, 0.29) is 28.4 Å². The third kappa shape index (κ3) is 2.81. The van der Waals surface area contributed by atoms with Gasteiger partial charge in [0.15, 0.2) is 0 Å². The molecule has 0 radical (unpaired) electrons. The van der Waals surface area contributed by atoms with E-state index in [1.54, 1.807) is 0 Å². The van der Waals surface area contributed by atoms with Gasteiger partial charge in [0.1, 0.15) is 5.15 Å². The highest BCUT2D eigenvalue weighted by Gasteiger charge is 2.28. The first kappa shape index (κ1) is 14.9. The number of likely N-dealkylation sites (N-methyl/N-ethyl adjacent to an activating group) is 1. The Balaban J connectivity index is 2.05. The zero-order valence-corrected chi connectivity index (χ0v) is 13.2. The van der Waals surface area contributed by atoms with Gasteiger partial charge in [-0.2, -0.15) is 0 Å². The maximum absolute atomic E-state index is 12.8. The molecule has 1 unspecified atom stereocenters. The molecular formula is C15H22ClN3O2. The van der Waals surface area contributed by atoms with E-state index < -0.39 is 0 Å². The van der Waals surface area contributed by atoms with Crippen molar-refractivity contribution < 1.29 is 0 Å². The molecule has 1 saturated carbocycles. The molecule has 1 saturated heterocycles. The number of halogens is 1. The molecule has 2 aliphatic rings. The molecule has 0 bridgehead atoms. The minimum atomic E-state index is -0.368. The number of aromatic nitrogens is 2. The average molecular weight is 312 g/mol. The van der Waals surface area contributed by atoms with Crippen molar-refractivity contribution in [3.8, 4) is 0 Å². The van der Waals surface area contributed by atoms with Gasteiger partial charge >= 0.3 is 5.69 Å². The Morgan fingerprint density at radius 1 is 1.14 bits per heavy atom. The Morgan fingerprint density at radius 2 is 1.86 bits per heavy atom. The fourth-order valence-corrected chi connectivity index (χ4v) is 4.10. The molecule has 116 valence electrons. The Labute approximate surface area is 128 Å². The Hall–Kier alpha value is -1.07. The number of hydrogen-bond acceptors (Lipinski definition) is 3. The van der Waals surface area contributed by atoms with Gasteiger partial charge in [-0.05, 0) is 45.2 Å². The number of hydrogen-bond donors (Lipinski definition) is 1. The van der Waals surface area contributed by atoms with Gasteiger partial charge in [-0.3, -0.25) is 14.3 Å². The third-order valence-electron chi connectivity index (χ3n) is 4.85. The van der Waals surface area contributed by atoms with Crippen LogP contribution in [0.3, 0.4) is 0 Å². The van der Waals surface area contributed by atoms with Crippen molar-refractivity contribution in [3.05, 3.63) is 31.6 Å². The maximum atomic E-state index is 12.8. The summed E-state index contributed by atoms with van der Waals surface area (Å²) in [5.74, 6) is 0.203. The first-order valence-corrected chi connectivity index (χ1v) is 8.18. The first-order valence-electron chi connectivity index (χ1n) is 7.80. The number of aromatic amines is 1. The maximum Gasteiger partial charge on any atom is 0.329 e. The molecule has 1 aromatic heterocycles. The summed E-state index contributed by atoms with van der Waals surface area (Å²) in [6, 6.07) is -0.0441. The molecule has 3 rings (SSSR count). The molecule has 5 nitrogen and oxygen atoms in total. The summed E-state index contributed by atoms with van der Waals surface area (Å²) in [7, 11) is 2.03. The quantitative estimate of drug-likeness (QED) is 0.851. The van der Waals surface area contributed by atoms with E-state index in [1.807, 2.05) is 7.05 Å². The molecule has 6 heteroatoms. The molecule has 2 fully saturated rings. The van der Waals surface area contributed by atoms with Gasteiger partial charge in [-0.25, -0.2) is 4.79 Å². The van der Waals surface area contributed by atoms with Crippen LogP contribution < -0.4 is 11.2 Å². The van der Waals surface area contributed by atoms with Gasteiger partial charge in [0.05, 0.1) is 11.6 Å². The fourth-order valence-electron chi connectivity index (χ4n) is 3.79. The molecule has 0 amide bonds. The van der Waals surface area contributed by atoms with Crippen LogP contribution in [-0.2, 0) is 0 Å². The van der Waals surface area contributed by atoms with Crippen molar-refractivity contribution in [3.63, 3.8) is 0 Å². The summed E-state index contributed by atoms with van der Waals surface area (Å²) in [6.45, 7) is 1.76. The fraction of sp³-hybridized carbons (Fsp3) is 0.733. The van der Waals surface area contributed by atoms with Crippen LogP contribution in [0.25, 0.3) is 0 Å². The van der Waals surface area contributed by atoms with Crippen LogP contribution >= 0.6 is 11.6 Å². The molecule has 1 aromatic rings. The smallest absolute Gasteiger partial charge is 0.304 e. The summed E-state index contributed by atoms with van der Waals surface area (Å²) in [5, 5.41) is 0.248. The summed E-state index contributed by atoms with van der Waals surface area (Å²) in [5.41, 5.74) is 0.0880. The van der Waals surface area contributed by atoms with Gasteiger partial charge in [0.25, 0.3) is 5.56 Å². The Kier molecular flexibility index (Phi) is 4.22. The Bertz CT molecular complexity index is 631. The van der Waals surface area contributed by atoms with Gasteiger partial charge in [-0.1, -0.05) is 24.4 Å². The molecule has 0 aromatic carbocycles. The standard InChI is InChI=1S/C15H22ClN3O2/c1-18-8-4-7-11(9-18)19-14(20)12(10-5-2-3-6-10)13(16)17-15(19)21/h10-11H,2-9H2,1H3,(H,17,21). The molecular weight excluding hydrogens is 290 g/mol. The van der Waals surface area contributed by atoms with E-state index in [9.17, 15) is 9.59 Å². The van der Waals surface area contributed by atoms with Crippen LogP contribution in [0.5, 0.6) is 0 Å². The van der Waals surface area contributed by atoms with Crippen LogP contribution in [0.4, 0.5) is 0 Å². The molecule has 2 heterocycles. The number of H-pyrrole nitrogens is 1. The second kappa shape index (κ2) is 5.97. The van der Waals surface area contributed by atoms with Crippen molar-refractivity contribution >= 4 is 11.6 Å². The van der Waals surface area contributed by atoms with E-state index in [0.717, 1.165) is 51.6 Å². The summed E-state index contributed by atoms with van der Waals surface area (Å²) in [4.78, 5) is 29.9. The Morgan fingerprint density at radius 3 is 2.52 bits per heavy atom. The first-order chi connectivity index (χ1) is 10.1. The zero-order chi connectivity index (χ0) is 15.0. The molecule has 21 heavy (non-hydrogen) atoms. The van der Waals surface area contributed by atoms with Crippen LogP contribution in [0.2, 0.25) is 5.15 Å². The molecule has 1 atom stereocenters. The van der Waals surface area contributed by atoms with Crippen LogP contribution in [0.1, 0.15) is 56.0 Å². The van der Waals surface area contributed by atoms with Gasteiger partial charge in [0.2, 0.25) is 0 Å². The van der Waals surface area contributed by atoms with Crippen molar-refractivity contribution in [1.29, 1.82) is 0 Å². The average Bonchev–Trinajstić information content (AvgIpc) is 2.92. The van der Waals surface area contributed by atoms with E-state index in [1.165, 1.54) is 4.57 Å². The van der Waals surface area contributed by atoms with Crippen molar-refractivity contribution in [2.24, 2.45) is 0 Å². The SMILES string of the molecule is CN1CCCC(n2c(=O)[nH]c(Cl)c(C3CCCC3)c2=O)C1. The minimum absolute atomic E-state index is 0.0441. The topological polar surface area (TPSA) is 58.1 Å². The number of piperidine rings is 1. The summed E-state index contributed by atoms with van der Waals surface area (Å²) in [6.07, 6.45) is 6.13. The predicted octanol–water partition coefficient (Wildman–Crippen LogP) is 2.11. The van der Waals surface area contributed by atoms with Gasteiger partial charge in [0, 0.05) is 6.54 Å². The van der Waals surface area contributed by atoms with Crippen molar-refractivity contribution in [1.82, 2.24) is 14.5 Å². The van der Waals surface area contributed by atoms with E-state index in [2.05, 4.69) is 9.88 Å². The number of nitrogens with one attached hydrogen (secondary N) is 1. The second-order valence-electron chi connectivity index (χ2n) is 6.37. The van der Waals surface area contributed by atoms with Gasteiger partial charge in [-0.15, -0.1) is 0 Å². The lowest BCUT2D eigenvalue weighted by Crippen LogP contribution is -2.45. The van der Waals surface area contributed by atoms with Crippen LogP contribution in [0.15, 0.2) is 9.59 Å². The minimum Gasteiger partial charge on any atom is -0.304 e. The lowest BCUT2D eigenvalue weighted by atomic mass is 9.99. The summed E-state index contributed by atoms with van der Waals surface area (Å²) >= 11 is 6.18. The highest BCUT2D eigenvalue weighted by molar-refractivity contribution is 6.30. The normalized spacial score (nSPS) is 24.6. The van der Waals surface area contributed by atoms with E-state index >= 15 is 0 Å².